The van der Waals surface area contributed by atoms with E-state index in [0.717, 1.165) is 11.8 Å². The smallest absolute Gasteiger partial charge is 0.0143 e. The zero-order valence-electron chi connectivity index (χ0n) is 9.43. The minimum Gasteiger partial charge on any atom is -0.0884 e. The highest BCUT2D eigenvalue weighted by Gasteiger charge is 2.29. The van der Waals surface area contributed by atoms with E-state index in [1.807, 2.05) is 0 Å². The van der Waals surface area contributed by atoms with E-state index in [2.05, 4.69) is 39.8 Å². The van der Waals surface area contributed by atoms with Gasteiger partial charge in [-0.05, 0) is 51.9 Å². The first-order valence-electron chi connectivity index (χ1n) is 5.49. The lowest BCUT2D eigenvalue weighted by Crippen LogP contribution is -2.25. The Morgan fingerprint density at radius 1 is 1.31 bits per heavy atom. The SMILES string of the molecule is CC=C(C)C1CCC1C=C(C)CC. The van der Waals surface area contributed by atoms with Crippen molar-refractivity contribution >= 4 is 0 Å². The summed E-state index contributed by atoms with van der Waals surface area (Å²) in [5.41, 5.74) is 3.13. The van der Waals surface area contributed by atoms with E-state index in [1.54, 1.807) is 11.1 Å². The molecule has 0 heteroatoms. The predicted octanol–water partition coefficient (Wildman–Crippen LogP) is 4.34. The van der Waals surface area contributed by atoms with Gasteiger partial charge in [-0.15, -0.1) is 0 Å². The van der Waals surface area contributed by atoms with Crippen LogP contribution in [0.2, 0.25) is 0 Å². The zero-order valence-corrected chi connectivity index (χ0v) is 9.43. The second-order valence-electron chi connectivity index (χ2n) is 4.25. The molecule has 0 saturated heterocycles. The predicted molar refractivity (Wildman–Crippen MR) is 59.7 cm³/mol. The van der Waals surface area contributed by atoms with Crippen molar-refractivity contribution in [2.75, 3.05) is 0 Å². The number of rotatable bonds is 3. The molecule has 74 valence electrons. The summed E-state index contributed by atoms with van der Waals surface area (Å²) in [5, 5.41) is 0. The molecule has 1 saturated carbocycles. The summed E-state index contributed by atoms with van der Waals surface area (Å²) in [7, 11) is 0. The van der Waals surface area contributed by atoms with E-state index in [9.17, 15) is 0 Å². The van der Waals surface area contributed by atoms with Crippen LogP contribution in [0, 0.1) is 11.8 Å². The standard InChI is InChI=1S/C13H22/c1-5-10(3)9-12-7-8-13(12)11(4)6-2/h6,9,12-13H,5,7-8H2,1-4H3. The van der Waals surface area contributed by atoms with Crippen LogP contribution in [-0.4, -0.2) is 0 Å². The van der Waals surface area contributed by atoms with Crippen molar-refractivity contribution in [3.63, 3.8) is 0 Å². The van der Waals surface area contributed by atoms with Gasteiger partial charge in [-0.25, -0.2) is 0 Å². The van der Waals surface area contributed by atoms with Gasteiger partial charge in [0.05, 0.1) is 0 Å². The van der Waals surface area contributed by atoms with Crippen molar-refractivity contribution < 1.29 is 0 Å². The number of hydrogen-bond donors (Lipinski definition) is 0. The van der Waals surface area contributed by atoms with Crippen molar-refractivity contribution in [2.24, 2.45) is 11.8 Å². The largest absolute Gasteiger partial charge is 0.0884 e. The van der Waals surface area contributed by atoms with E-state index in [1.165, 1.54) is 19.3 Å². The summed E-state index contributed by atoms with van der Waals surface area (Å²) < 4.78 is 0. The van der Waals surface area contributed by atoms with E-state index in [4.69, 9.17) is 0 Å². The Morgan fingerprint density at radius 3 is 2.38 bits per heavy atom. The average molecular weight is 178 g/mol. The van der Waals surface area contributed by atoms with E-state index in [0.29, 0.717) is 0 Å². The second kappa shape index (κ2) is 4.64. The van der Waals surface area contributed by atoms with Gasteiger partial charge in [-0.1, -0.05) is 30.2 Å². The van der Waals surface area contributed by atoms with Gasteiger partial charge in [-0.2, -0.15) is 0 Å². The van der Waals surface area contributed by atoms with Crippen molar-refractivity contribution in [2.45, 2.75) is 47.0 Å². The quantitative estimate of drug-likeness (QED) is 0.564. The van der Waals surface area contributed by atoms with Crippen molar-refractivity contribution in [3.05, 3.63) is 23.3 Å². The summed E-state index contributed by atoms with van der Waals surface area (Å²) in [5.74, 6) is 1.70. The summed E-state index contributed by atoms with van der Waals surface area (Å²) in [6, 6.07) is 0. The van der Waals surface area contributed by atoms with Gasteiger partial charge in [0.25, 0.3) is 0 Å². The Balaban J connectivity index is 2.55. The molecule has 0 nitrogen and oxygen atoms in total. The Labute approximate surface area is 82.7 Å². The second-order valence-corrected chi connectivity index (χ2v) is 4.25. The molecule has 0 aliphatic heterocycles. The molecular formula is C13H22. The monoisotopic (exact) mass is 178 g/mol. The van der Waals surface area contributed by atoms with Crippen molar-refractivity contribution in [3.8, 4) is 0 Å². The molecule has 13 heavy (non-hydrogen) atoms. The Kier molecular flexibility index (Phi) is 3.77. The highest BCUT2D eigenvalue weighted by Crippen LogP contribution is 2.40. The van der Waals surface area contributed by atoms with Crippen LogP contribution in [0.5, 0.6) is 0 Å². The molecule has 0 aromatic rings. The molecule has 1 fully saturated rings. The van der Waals surface area contributed by atoms with Gasteiger partial charge >= 0.3 is 0 Å². The van der Waals surface area contributed by atoms with Gasteiger partial charge in [0.1, 0.15) is 0 Å². The molecule has 0 amide bonds. The van der Waals surface area contributed by atoms with Crippen LogP contribution in [0.1, 0.15) is 47.0 Å². The summed E-state index contributed by atoms with van der Waals surface area (Å²) in [6.07, 6.45) is 8.76. The molecule has 1 aliphatic rings. The fourth-order valence-corrected chi connectivity index (χ4v) is 1.99. The van der Waals surface area contributed by atoms with Crippen LogP contribution in [-0.2, 0) is 0 Å². The molecule has 0 N–H and O–H groups in total. The molecule has 1 aliphatic carbocycles. The van der Waals surface area contributed by atoms with Crippen LogP contribution in [0.25, 0.3) is 0 Å². The molecule has 0 aromatic heterocycles. The Morgan fingerprint density at radius 2 is 2.00 bits per heavy atom. The van der Waals surface area contributed by atoms with Gasteiger partial charge in [0, 0.05) is 0 Å². The molecule has 0 radical (unpaired) electrons. The van der Waals surface area contributed by atoms with E-state index < -0.39 is 0 Å². The number of hydrogen-bond acceptors (Lipinski definition) is 0. The maximum atomic E-state index is 2.49. The van der Waals surface area contributed by atoms with Gasteiger partial charge in [0.15, 0.2) is 0 Å². The first kappa shape index (κ1) is 10.6. The molecule has 1 rings (SSSR count). The molecular weight excluding hydrogens is 156 g/mol. The third-order valence-corrected chi connectivity index (χ3v) is 3.42. The van der Waals surface area contributed by atoms with Crippen molar-refractivity contribution in [1.29, 1.82) is 0 Å². The molecule has 0 spiro atoms. The summed E-state index contributed by atoms with van der Waals surface area (Å²) in [6.45, 7) is 8.91. The van der Waals surface area contributed by atoms with Gasteiger partial charge in [0.2, 0.25) is 0 Å². The van der Waals surface area contributed by atoms with Crippen LogP contribution in [0.4, 0.5) is 0 Å². The summed E-state index contributed by atoms with van der Waals surface area (Å²) >= 11 is 0. The maximum Gasteiger partial charge on any atom is -0.0143 e. The molecule has 0 heterocycles. The molecule has 2 unspecified atom stereocenters. The number of allylic oxidation sites excluding steroid dienone is 4. The normalized spacial score (nSPS) is 30.2. The first-order valence-corrected chi connectivity index (χ1v) is 5.49. The van der Waals surface area contributed by atoms with Crippen molar-refractivity contribution in [1.82, 2.24) is 0 Å². The topological polar surface area (TPSA) is 0 Å². The van der Waals surface area contributed by atoms with Gasteiger partial charge in [-0.3, -0.25) is 0 Å². The Bertz CT molecular complexity index is 220. The Hall–Kier alpha value is -0.520. The molecule has 2 atom stereocenters. The highest BCUT2D eigenvalue weighted by molar-refractivity contribution is 5.15. The minimum atomic E-state index is 0.844. The van der Waals surface area contributed by atoms with Crippen LogP contribution >= 0.6 is 0 Å². The third-order valence-electron chi connectivity index (χ3n) is 3.42. The van der Waals surface area contributed by atoms with E-state index >= 15 is 0 Å². The fraction of sp³-hybridized carbons (Fsp3) is 0.692. The summed E-state index contributed by atoms with van der Waals surface area (Å²) in [4.78, 5) is 0. The van der Waals surface area contributed by atoms with Crippen LogP contribution < -0.4 is 0 Å². The molecule has 0 aromatic carbocycles. The average Bonchev–Trinajstić information content (AvgIpc) is 2.11. The maximum absolute atomic E-state index is 2.49. The first-order chi connectivity index (χ1) is 6.19. The zero-order chi connectivity index (χ0) is 9.84. The minimum absolute atomic E-state index is 0.844. The lowest BCUT2D eigenvalue weighted by Gasteiger charge is -2.36. The molecule has 0 bridgehead atoms. The lowest BCUT2D eigenvalue weighted by molar-refractivity contribution is 0.269. The fourth-order valence-electron chi connectivity index (χ4n) is 1.99. The van der Waals surface area contributed by atoms with Crippen LogP contribution in [0.15, 0.2) is 23.3 Å². The lowest BCUT2D eigenvalue weighted by atomic mass is 9.69. The third kappa shape index (κ3) is 2.46. The van der Waals surface area contributed by atoms with E-state index in [-0.39, 0.29) is 0 Å². The highest BCUT2D eigenvalue weighted by atomic mass is 14.3. The van der Waals surface area contributed by atoms with Crippen LogP contribution in [0.3, 0.4) is 0 Å². The van der Waals surface area contributed by atoms with Gasteiger partial charge < -0.3 is 0 Å².